The van der Waals surface area contributed by atoms with Crippen LogP contribution in [0.2, 0.25) is 0 Å². The van der Waals surface area contributed by atoms with E-state index in [1.165, 1.54) is 17.8 Å². The normalized spacial score (nSPS) is 9.79. The van der Waals surface area contributed by atoms with Gasteiger partial charge in [0.2, 0.25) is 0 Å². The molecule has 2 N–H and O–H groups in total. The molecule has 0 saturated carbocycles. The lowest BCUT2D eigenvalue weighted by atomic mass is 10.1. The van der Waals surface area contributed by atoms with E-state index >= 15 is 0 Å². The second kappa shape index (κ2) is 6.88. The third kappa shape index (κ3) is 4.05. The first-order valence-electron chi connectivity index (χ1n) is 5.66. The van der Waals surface area contributed by atoms with Crippen LogP contribution in [0, 0.1) is 17.7 Å². The Balaban J connectivity index is 2.05. The molecule has 5 heteroatoms. The van der Waals surface area contributed by atoms with Crippen LogP contribution in [0.3, 0.4) is 0 Å². The Hall–Kier alpha value is -1.90. The molecule has 0 unspecified atom stereocenters. The van der Waals surface area contributed by atoms with Crippen LogP contribution < -0.4 is 5.73 Å². The fourth-order valence-corrected chi connectivity index (χ4v) is 2.22. The fraction of sp³-hybridized carbons (Fsp3) is 0.143. The summed E-state index contributed by atoms with van der Waals surface area (Å²) < 4.78 is 13.8. The van der Waals surface area contributed by atoms with Crippen molar-refractivity contribution in [2.45, 2.75) is 10.8 Å². The second-order valence-corrected chi connectivity index (χ2v) is 4.64. The maximum Gasteiger partial charge on any atom is 0.128 e. The molecule has 0 amide bonds. The summed E-state index contributed by atoms with van der Waals surface area (Å²) >= 11 is 1.44. The predicted molar refractivity (Wildman–Crippen MR) is 73.9 cm³/mol. The highest BCUT2D eigenvalue weighted by atomic mass is 32.2. The van der Waals surface area contributed by atoms with E-state index in [4.69, 9.17) is 5.73 Å². The molecule has 1 aromatic carbocycles. The number of hydrogen-bond donors (Lipinski definition) is 1. The number of rotatable bonds is 3. The van der Waals surface area contributed by atoms with E-state index in [2.05, 4.69) is 21.8 Å². The molecule has 0 spiro atoms. The van der Waals surface area contributed by atoms with Crippen molar-refractivity contribution >= 4 is 11.8 Å². The summed E-state index contributed by atoms with van der Waals surface area (Å²) in [6, 6.07) is 4.95. The van der Waals surface area contributed by atoms with E-state index in [0.717, 1.165) is 5.03 Å². The van der Waals surface area contributed by atoms with Gasteiger partial charge in [-0.1, -0.05) is 29.7 Å². The maximum atomic E-state index is 13.8. The van der Waals surface area contributed by atoms with Gasteiger partial charge in [0.1, 0.15) is 10.8 Å². The number of nitrogens with zero attached hydrogens (tertiary/aromatic N) is 2. The van der Waals surface area contributed by atoms with Crippen molar-refractivity contribution in [2.24, 2.45) is 5.73 Å². The van der Waals surface area contributed by atoms with Crippen molar-refractivity contribution in [1.29, 1.82) is 0 Å². The van der Waals surface area contributed by atoms with Gasteiger partial charge in [-0.2, -0.15) is 0 Å². The molecule has 0 fully saturated rings. The lowest BCUT2D eigenvalue weighted by Crippen LogP contribution is -1.94. The van der Waals surface area contributed by atoms with Crippen molar-refractivity contribution < 1.29 is 4.39 Å². The molecule has 0 aliphatic carbocycles. The lowest BCUT2D eigenvalue weighted by molar-refractivity contribution is 0.617. The van der Waals surface area contributed by atoms with Gasteiger partial charge < -0.3 is 5.73 Å². The van der Waals surface area contributed by atoms with Gasteiger partial charge in [0.25, 0.3) is 0 Å². The van der Waals surface area contributed by atoms with Crippen molar-refractivity contribution in [3.8, 4) is 11.8 Å². The van der Waals surface area contributed by atoms with Crippen LogP contribution in [0.5, 0.6) is 0 Å². The average molecular weight is 273 g/mol. The predicted octanol–water partition coefficient (Wildman–Crippen LogP) is 2.22. The van der Waals surface area contributed by atoms with Crippen LogP contribution in [0.25, 0.3) is 0 Å². The zero-order chi connectivity index (χ0) is 13.5. The van der Waals surface area contributed by atoms with Crippen LogP contribution in [0.4, 0.5) is 4.39 Å². The monoisotopic (exact) mass is 273 g/mol. The molecule has 0 saturated heterocycles. The van der Waals surface area contributed by atoms with Crippen molar-refractivity contribution in [3.63, 3.8) is 0 Å². The van der Waals surface area contributed by atoms with E-state index in [1.807, 2.05) is 0 Å². The van der Waals surface area contributed by atoms with Crippen molar-refractivity contribution in [3.05, 3.63) is 53.7 Å². The number of thioether (sulfide) groups is 1. The summed E-state index contributed by atoms with van der Waals surface area (Å²) in [5.74, 6) is 5.74. The van der Waals surface area contributed by atoms with Crippen molar-refractivity contribution in [2.75, 3.05) is 6.54 Å². The first-order valence-corrected chi connectivity index (χ1v) is 6.64. The summed E-state index contributed by atoms with van der Waals surface area (Å²) in [6.45, 7) is 0.270. The van der Waals surface area contributed by atoms with Gasteiger partial charge in [-0.05, 0) is 17.7 Å². The molecular formula is C14H12FN3S. The Labute approximate surface area is 115 Å². The third-order valence-electron chi connectivity index (χ3n) is 2.30. The third-order valence-corrected chi connectivity index (χ3v) is 3.26. The van der Waals surface area contributed by atoms with Gasteiger partial charge in [0.05, 0.1) is 12.7 Å². The highest BCUT2D eigenvalue weighted by Gasteiger charge is 2.04. The molecule has 3 nitrogen and oxygen atoms in total. The molecule has 2 aromatic rings. The van der Waals surface area contributed by atoms with Crippen molar-refractivity contribution in [1.82, 2.24) is 9.97 Å². The van der Waals surface area contributed by atoms with E-state index in [1.54, 1.807) is 30.7 Å². The number of hydrogen-bond acceptors (Lipinski definition) is 4. The fourth-order valence-electron chi connectivity index (χ4n) is 1.41. The molecule has 2 rings (SSSR count). The number of nitrogens with two attached hydrogens (primary N) is 1. The Morgan fingerprint density at radius 2 is 2.21 bits per heavy atom. The van der Waals surface area contributed by atoms with E-state index in [-0.39, 0.29) is 12.4 Å². The summed E-state index contributed by atoms with van der Waals surface area (Å²) in [5.41, 5.74) is 6.53. The van der Waals surface area contributed by atoms with E-state index < -0.39 is 0 Å². The van der Waals surface area contributed by atoms with Crippen LogP contribution in [0.15, 0.2) is 41.8 Å². The maximum absolute atomic E-state index is 13.8. The summed E-state index contributed by atoms with van der Waals surface area (Å²) in [7, 11) is 0. The molecule has 1 aromatic heterocycles. The molecule has 1 heterocycles. The minimum absolute atomic E-state index is 0.264. The lowest BCUT2D eigenvalue weighted by Gasteiger charge is -2.03. The number of halogens is 1. The molecule has 19 heavy (non-hydrogen) atoms. The van der Waals surface area contributed by atoms with Gasteiger partial charge in [0.15, 0.2) is 0 Å². The van der Waals surface area contributed by atoms with Crippen LogP contribution >= 0.6 is 11.8 Å². The number of benzene rings is 1. The van der Waals surface area contributed by atoms with E-state index in [0.29, 0.717) is 16.9 Å². The topological polar surface area (TPSA) is 51.8 Å². The second-order valence-electron chi connectivity index (χ2n) is 3.64. The minimum atomic E-state index is -0.264. The zero-order valence-corrected chi connectivity index (χ0v) is 11.0. The highest BCUT2D eigenvalue weighted by molar-refractivity contribution is 7.98. The summed E-state index contributed by atoms with van der Waals surface area (Å²) in [5, 5.41) is 0.772. The molecule has 0 aliphatic rings. The quantitative estimate of drug-likeness (QED) is 0.688. The molecule has 0 bridgehead atoms. The summed E-state index contributed by atoms with van der Waals surface area (Å²) in [4.78, 5) is 8.08. The minimum Gasteiger partial charge on any atom is -0.320 e. The Morgan fingerprint density at radius 1 is 1.32 bits per heavy atom. The Kier molecular flexibility index (Phi) is 4.90. The zero-order valence-electron chi connectivity index (χ0n) is 10.1. The largest absolute Gasteiger partial charge is 0.320 e. The smallest absolute Gasteiger partial charge is 0.128 e. The molecule has 0 aliphatic heterocycles. The van der Waals surface area contributed by atoms with Gasteiger partial charge in [-0.3, -0.25) is 4.98 Å². The standard InChI is InChI=1S/C14H12FN3S/c15-13-8-11(2-1-5-16)3-4-12(13)10-19-14-9-17-6-7-18-14/h3-4,6-9H,5,10,16H2. The first-order chi connectivity index (χ1) is 9.29. The van der Waals surface area contributed by atoms with Gasteiger partial charge in [-0.15, -0.1) is 0 Å². The van der Waals surface area contributed by atoms with E-state index in [9.17, 15) is 4.39 Å². The Bertz CT molecular complexity index is 605. The molecule has 96 valence electrons. The van der Waals surface area contributed by atoms with Crippen LogP contribution in [0.1, 0.15) is 11.1 Å². The number of aromatic nitrogens is 2. The molecular weight excluding hydrogens is 261 g/mol. The first kappa shape index (κ1) is 13.5. The van der Waals surface area contributed by atoms with Gasteiger partial charge in [-0.25, -0.2) is 9.37 Å². The van der Waals surface area contributed by atoms with Gasteiger partial charge >= 0.3 is 0 Å². The highest BCUT2D eigenvalue weighted by Crippen LogP contribution is 2.21. The van der Waals surface area contributed by atoms with Crippen LogP contribution in [-0.2, 0) is 5.75 Å². The molecule has 0 radical (unpaired) electrons. The molecule has 0 atom stereocenters. The SMILES string of the molecule is NCC#Cc1ccc(CSc2cnccn2)c(F)c1. The summed E-state index contributed by atoms with van der Waals surface area (Å²) in [6.07, 6.45) is 4.88. The average Bonchev–Trinajstić information content (AvgIpc) is 2.45. The van der Waals surface area contributed by atoms with Crippen LogP contribution in [-0.4, -0.2) is 16.5 Å². The Morgan fingerprint density at radius 3 is 2.89 bits per heavy atom. The van der Waals surface area contributed by atoms with Gasteiger partial charge in [0, 0.05) is 23.7 Å².